The Morgan fingerprint density at radius 1 is 1.36 bits per heavy atom. The number of thiophene rings is 1. The average molecular weight is 336 g/mol. The van der Waals surface area contributed by atoms with E-state index in [9.17, 15) is 5.11 Å². The number of fused-ring (bicyclic) bond motifs is 1. The van der Waals surface area contributed by atoms with Gasteiger partial charge in [-0.15, -0.1) is 11.3 Å². The lowest BCUT2D eigenvalue weighted by Gasteiger charge is -2.06. The molecule has 0 bridgehead atoms. The first kappa shape index (κ1) is 10.6. The molecule has 14 heavy (non-hydrogen) atoms. The van der Waals surface area contributed by atoms with Gasteiger partial charge in [0.05, 0.1) is 6.61 Å². The minimum Gasteiger partial charge on any atom is -0.392 e. The second kappa shape index (κ2) is 4.31. The summed E-state index contributed by atoms with van der Waals surface area (Å²) in [7, 11) is 0. The zero-order valence-corrected chi connectivity index (χ0v) is 11.2. The van der Waals surface area contributed by atoms with Gasteiger partial charge in [0.15, 0.2) is 0 Å². The molecule has 1 N–H and O–H groups in total. The first-order chi connectivity index (χ1) is 6.77. The van der Waals surface area contributed by atoms with Crippen LogP contribution in [0.2, 0.25) is 0 Å². The topological polar surface area (TPSA) is 20.2 Å². The highest BCUT2D eigenvalue weighted by Crippen LogP contribution is 2.35. The molecular weight excluding hydrogens is 328 g/mol. The molecule has 74 valence electrons. The van der Waals surface area contributed by atoms with Gasteiger partial charge < -0.3 is 5.11 Å². The normalized spacial score (nSPS) is 11.1. The van der Waals surface area contributed by atoms with Crippen LogP contribution in [0.25, 0.3) is 10.1 Å². The lowest BCUT2D eigenvalue weighted by atomic mass is 10.1. The van der Waals surface area contributed by atoms with E-state index < -0.39 is 0 Å². The van der Waals surface area contributed by atoms with E-state index in [1.54, 1.807) is 11.3 Å². The molecule has 1 nitrogen and oxygen atoms in total. The summed E-state index contributed by atoms with van der Waals surface area (Å²) in [6.45, 7) is 0.0977. The van der Waals surface area contributed by atoms with Crippen LogP contribution in [0.3, 0.4) is 0 Å². The Hall–Kier alpha value is 0.1000. The van der Waals surface area contributed by atoms with Crippen molar-refractivity contribution in [2.45, 2.75) is 11.9 Å². The smallest absolute Gasteiger partial charge is 0.0688 e. The number of halogens is 2. The number of alkyl halides is 1. The summed E-state index contributed by atoms with van der Waals surface area (Å²) < 4.78 is 2.35. The van der Waals surface area contributed by atoms with Gasteiger partial charge in [-0.3, -0.25) is 0 Å². The highest BCUT2D eigenvalue weighted by Gasteiger charge is 2.09. The fourth-order valence-corrected chi connectivity index (χ4v) is 3.93. The van der Waals surface area contributed by atoms with E-state index in [1.165, 1.54) is 10.3 Å². The molecular formula is C10H8Br2OS. The molecule has 0 saturated heterocycles. The number of rotatable bonds is 2. The molecule has 0 atom stereocenters. The molecule has 1 heterocycles. The third-order valence-electron chi connectivity index (χ3n) is 2.16. The SMILES string of the molecule is OCc1cc(CBr)c(Br)c2sccc12. The van der Waals surface area contributed by atoms with Crippen molar-refractivity contribution in [2.75, 3.05) is 0 Å². The molecule has 2 rings (SSSR count). The molecule has 0 aliphatic heterocycles. The minimum atomic E-state index is 0.0977. The molecule has 2 aromatic rings. The summed E-state index contributed by atoms with van der Waals surface area (Å²) in [6.07, 6.45) is 0. The third kappa shape index (κ3) is 1.65. The van der Waals surface area contributed by atoms with E-state index in [4.69, 9.17) is 0 Å². The maximum absolute atomic E-state index is 9.24. The molecule has 1 aromatic heterocycles. The van der Waals surface area contributed by atoms with Gasteiger partial charge >= 0.3 is 0 Å². The van der Waals surface area contributed by atoms with Crippen molar-refractivity contribution in [3.8, 4) is 0 Å². The second-order valence-corrected chi connectivity index (χ2v) is 5.23. The second-order valence-electron chi connectivity index (χ2n) is 2.96. The molecule has 1 aromatic carbocycles. The molecule has 0 aliphatic carbocycles. The fourth-order valence-electron chi connectivity index (χ4n) is 1.46. The van der Waals surface area contributed by atoms with Crippen molar-refractivity contribution in [2.24, 2.45) is 0 Å². The van der Waals surface area contributed by atoms with Crippen LogP contribution in [0.15, 0.2) is 22.0 Å². The molecule has 0 unspecified atom stereocenters. The molecule has 0 amide bonds. The zero-order valence-electron chi connectivity index (χ0n) is 7.26. The van der Waals surface area contributed by atoms with Gasteiger partial charge in [-0.05, 0) is 43.9 Å². The number of hydrogen-bond acceptors (Lipinski definition) is 2. The number of benzene rings is 1. The van der Waals surface area contributed by atoms with Crippen LogP contribution in [-0.4, -0.2) is 5.11 Å². The highest BCUT2D eigenvalue weighted by atomic mass is 79.9. The van der Waals surface area contributed by atoms with Gasteiger partial charge in [0, 0.05) is 14.5 Å². The Morgan fingerprint density at radius 2 is 2.14 bits per heavy atom. The lowest BCUT2D eigenvalue weighted by molar-refractivity contribution is 0.283. The number of aliphatic hydroxyl groups is 1. The number of aliphatic hydroxyl groups excluding tert-OH is 1. The number of hydrogen-bond donors (Lipinski definition) is 1. The van der Waals surface area contributed by atoms with Crippen LogP contribution in [0.4, 0.5) is 0 Å². The molecule has 0 aliphatic rings. The Bertz CT molecular complexity index is 464. The first-order valence-corrected chi connectivity index (χ1v) is 6.91. The largest absolute Gasteiger partial charge is 0.392 e. The van der Waals surface area contributed by atoms with Gasteiger partial charge in [0.1, 0.15) is 0 Å². The Kier molecular flexibility index (Phi) is 3.27. The molecule has 4 heteroatoms. The van der Waals surface area contributed by atoms with E-state index >= 15 is 0 Å². The quantitative estimate of drug-likeness (QED) is 0.821. The fraction of sp³-hybridized carbons (Fsp3) is 0.200. The minimum absolute atomic E-state index is 0.0977. The third-order valence-corrected chi connectivity index (χ3v) is 4.86. The summed E-state index contributed by atoms with van der Waals surface area (Å²) in [5.74, 6) is 0. The molecule has 0 radical (unpaired) electrons. The van der Waals surface area contributed by atoms with E-state index in [0.29, 0.717) is 0 Å². The van der Waals surface area contributed by atoms with Crippen molar-refractivity contribution >= 4 is 53.3 Å². The monoisotopic (exact) mass is 334 g/mol. The van der Waals surface area contributed by atoms with Gasteiger partial charge in [-0.1, -0.05) is 22.0 Å². The van der Waals surface area contributed by atoms with Crippen LogP contribution in [-0.2, 0) is 11.9 Å². The van der Waals surface area contributed by atoms with Gasteiger partial charge in [0.2, 0.25) is 0 Å². The van der Waals surface area contributed by atoms with Crippen LogP contribution in [0.5, 0.6) is 0 Å². The van der Waals surface area contributed by atoms with Crippen LogP contribution in [0, 0.1) is 0 Å². The summed E-state index contributed by atoms with van der Waals surface area (Å²) in [6, 6.07) is 4.09. The highest BCUT2D eigenvalue weighted by molar-refractivity contribution is 9.11. The Labute approximate surface area is 103 Å². The molecule has 0 saturated carbocycles. The van der Waals surface area contributed by atoms with E-state index in [0.717, 1.165) is 20.8 Å². The van der Waals surface area contributed by atoms with Gasteiger partial charge in [0.25, 0.3) is 0 Å². The van der Waals surface area contributed by atoms with Crippen molar-refractivity contribution in [1.29, 1.82) is 0 Å². The average Bonchev–Trinajstić information content (AvgIpc) is 2.68. The Balaban J connectivity index is 2.80. The van der Waals surface area contributed by atoms with Crippen LogP contribution < -0.4 is 0 Å². The van der Waals surface area contributed by atoms with Crippen LogP contribution in [0.1, 0.15) is 11.1 Å². The summed E-state index contributed by atoms with van der Waals surface area (Å²) in [5.41, 5.74) is 2.18. The van der Waals surface area contributed by atoms with Gasteiger partial charge in [-0.25, -0.2) is 0 Å². The van der Waals surface area contributed by atoms with E-state index in [1.807, 2.05) is 17.5 Å². The maximum Gasteiger partial charge on any atom is 0.0688 e. The standard InChI is InChI=1S/C10H8Br2OS/c11-4-6-3-7(5-13)8-1-2-14-10(8)9(6)12/h1-3,13H,4-5H2. The summed E-state index contributed by atoms with van der Waals surface area (Å²) >= 11 is 8.72. The lowest BCUT2D eigenvalue weighted by Crippen LogP contribution is -1.89. The van der Waals surface area contributed by atoms with E-state index in [-0.39, 0.29) is 6.61 Å². The van der Waals surface area contributed by atoms with Crippen molar-refractivity contribution < 1.29 is 5.11 Å². The first-order valence-electron chi connectivity index (χ1n) is 4.12. The Morgan fingerprint density at radius 3 is 2.79 bits per heavy atom. The van der Waals surface area contributed by atoms with Crippen molar-refractivity contribution in [1.82, 2.24) is 0 Å². The van der Waals surface area contributed by atoms with Crippen molar-refractivity contribution in [3.05, 3.63) is 33.1 Å². The van der Waals surface area contributed by atoms with Crippen molar-refractivity contribution in [3.63, 3.8) is 0 Å². The predicted molar refractivity (Wildman–Crippen MR) is 68.1 cm³/mol. The summed E-state index contributed by atoms with van der Waals surface area (Å²) in [4.78, 5) is 0. The summed E-state index contributed by atoms with van der Waals surface area (Å²) in [5, 5.41) is 13.2. The van der Waals surface area contributed by atoms with E-state index in [2.05, 4.69) is 31.9 Å². The van der Waals surface area contributed by atoms with Gasteiger partial charge in [-0.2, -0.15) is 0 Å². The zero-order chi connectivity index (χ0) is 10.1. The van der Waals surface area contributed by atoms with Crippen LogP contribution >= 0.6 is 43.2 Å². The maximum atomic E-state index is 9.24. The molecule has 0 fully saturated rings. The predicted octanol–water partition coefficient (Wildman–Crippen LogP) is 4.05. The molecule has 0 spiro atoms.